The molecular formula is C16H16N4O2. The molecule has 3 N–H and O–H groups in total. The Hall–Kier alpha value is -3.02. The number of carbonyl (C=O) groups is 1. The number of anilines is 1. The number of hydrogen-bond acceptors (Lipinski definition) is 5. The van der Waals surface area contributed by atoms with E-state index in [4.69, 9.17) is 10.8 Å². The smallest absolute Gasteiger partial charge is 0.411 e. The quantitative estimate of drug-likeness (QED) is 0.739. The number of hydrogen-bond donors (Lipinski definition) is 3. The maximum Gasteiger partial charge on any atom is 0.411 e. The molecule has 0 fully saturated rings. The number of amides is 1. The van der Waals surface area contributed by atoms with Gasteiger partial charge >= 0.3 is 6.09 Å². The Morgan fingerprint density at radius 2 is 2.05 bits per heavy atom. The molecule has 6 nitrogen and oxygen atoms in total. The molecule has 1 aromatic heterocycles. The van der Waals surface area contributed by atoms with Gasteiger partial charge in [-0.3, -0.25) is 10.3 Å². The highest BCUT2D eigenvalue weighted by Gasteiger charge is 2.16. The van der Waals surface area contributed by atoms with Crippen molar-refractivity contribution in [1.29, 1.82) is 10.8 Å². The highest BCUT2D eigenvalue weighted by Crippen LogP contribution is 2.20. The zero-order chi connectivity index (χ0) is 15.9. The van der Waals surface area contributed by atoms with Gasteiger partial charge in [-0.15, -0.1) is 0 Å². The van der Waals surface area contributed by atoms with Crippen molar-refractivity contribution < 1.29 is 9.53 Å². The Kier molecular flexibility index (Phi) is 4.98. The third kappa shape index (κ3) is 3.54. The van der Waals surface area contributed by atoms with Crippen LogP contribution in [0.4, 0.5) is 10.5 Å². The minimum absolute atomic E-state index is 0.273. The molecule has 0 aliphatic heterocycles. The third-order valence-corrected chi connectivity index (χ3v) is 3.15. The monoisotopic (exact) mass is 296 g/mol. The summed E-state index contributed by atoms with van der Waals surface area (Å²) in [6.45, 7) is 0. The van der Waals surface area contributed by atoms with Crippen molar-refractivity contribution in [1.82, 2.24) is 4.98 Å². The van der Waals surface area contributed by atoms with Crippen LogP contribution in [0.15, 0.2) is 48.8 Å². The molecule has 0 saturated heterocycles. The van der Waals surface area contributed by atoms with Crippen molar-refractivity contribution in [3.63, 3.8) is 0 Å². The summed E-state index contributed by atoms with van der Waals surface area (Å²) < 4.78 is 4.55. The van der Waals surface area contributed by atoms with Crippen LogP contribution in [0.25, 0.3) is 0 Å². The van der Waals surface area contributed by atoms with Crippen molar-refractivity contribution in [2.45, 2.75) is 5.92 Å². The van der Waals surface area contributed by atoms with Crippen LogP contribution in [-0.2, 0) is 4.74 Å². The van der Waals surface area contributed by atoms with E-state index in [9.17, 15) is 4.79 Å². The van der Waals surface area contributed by atoms with Crippen LogP contribution in [0.5, 0.6) is 0 Å². The van der Waals surface area contributed by atoms with E-state index in [1.165, 1.54) is 13.3 Å². The third-order valence-electron chi connectivity index (χ3n) is 3.15. The van der Waals surface area contributed by atoms with E-state index in [1.54, 1.807) is 48.8 Å². The lowest BCUT2D eigenvalue weighted by atomic mass is 9.91. The normalized spacial score (nSPS) is 11.3. The minimum atomic E-state index is -0.568. The fourth-order valence-corrected chi connectivity index (χ4v) is 2.03. The van der Waals surface area contributed by atoms with Gasteiger partial charge in [0.15, 0.2) is 0 Å². The lowest BCUT2D eigenvalue weighted by Gasteiger charge is -2.14. The first kappa shape index (κ1) is 15.4. The molecule has 1 aromatic carbocycles. The van der Waals surface area contributed by atoms with Crippen LogP contribution >= 0.6 is 0 Å². The summed E-state index contributed by atoms with van der Waals surface area (Å²) >= 11 is 0. The Morgan fingerprint density at radius 1 is 1.32 bits per heavy atom. The van der Waals surface area contributed by atoms with Gasteiger partial charge in [-0.05, 0) is 35.4 Å². The van der Waals surface area contributed by atoms with Gasteiger partial charge in [0.05, 0.1) is 18.7 Å². The molecule has 1 atom stereocenters. The molecule has 1 heterocycles. The second-order valence-electron chi connectivity index (χ2n) is 4.54. The maximum absolute atomic E-state index is 11.2. The van der Waals surface area contributed by atoms with Gasteiger partial charge in [0.1, 0.15) is 0 Å². The topological polar surface area (TPSA) is 98.9 Å². The number of aromatic nitrogens is 1. The fourth-order valence-electron chi connectivity index (χ4n) is 2.03. The van der Waals surface area contributed by atoms with E-state index in [2.05, 4.69) is 15.0 Å². The largest absolute Gasteiger partial charge is 0.453 e. The molecule has 0 bridgehead atoms. The summed E-state index contributed by atoms with van der Waals surface area (Å²) in [7, 11) is 1.29. The molecular weight excluding hydrogens is 280 g/mol. The fraction of sp³-hybridized carbons (Fsp3) is 0.125. The molecule has 1 amide bonds. The summed E-state index contributed by atoms with van der Waals surface area (Å²) in [5.74, 6) is -0.462. The number of ether oxygens (including phenoxy) is 1. The van der Waals surface area contributed by atoms with Crippen molar-refractivity contribution in [2.24, 2.45) is 0 Å². The van der Waals surface area contributed by atoms with Crippen molar-refractivity contribution in [3.05, 3.63) is 59.9 Å². The van der Waals surface area contributed by atoms with Gasteiger partial charge in [-0.1, -0.05) is 12.1 Å². The van der Waals surface area contributed by atoms with E-state index in [-0.39, 0.29) is 5.71 Å². The molecule has 0 saturated carbocycles. The van der Waals surface area contributed by atoms with Crippen molar-refractivity contribution in [3.8, 4) is 0 Å². The molecule has 0 spiro atoms. The van der Waals surface area contributed by atoms with Crippen LogP contribution in [0.2, 0.25) is 0 Å². The van der Waals surface area contributed by atoms with Gasteiger partial charge in [-0.25, -0.2) is 4.79 Å². The number of rotatable bonds is 5. The first-order valence-electron chi connectivity index (χ1n) is 6.60. The molecule has 2 rings (SSSR count). The van der Waals surface area contributed by atoms with Gasteiger partial charge in [-0.2, -0.15) is 0 Å². The van der Waals surface area contributed by atoms with E-state index in [1.807, 2.05) is 0 Å². The molecule has 2 aromatic rings. The zero-order valence-corrected chi connectivity index (χ0v) is 12.0. The molecule has 0 aliphatic carbocycles. The number of nitrogens with zero attached hydrogens (tertiary/aromatic N) is 1. The van der Waals surface area contributed by atoms with Gasteiger partial charge < -0.3 is 15.6 Å². The van der Waals surface area contributed by atoms with Crippen LogP contribution in [-0.4, -0.2) is 30.1 Å². The molecule has 0 aliphatic rings. The van der Waals surface area contributed by atoms with E-state index in [0.717, 1.165) is 5.56 Å². The average Bonchev–Trinajstić information content (AvgIpc) is 2.56. The first-order chi connectivity index (χ1) is 10.7. The minimum Gasteiger partial charge on any atom is -0.453 e. The average molecular weight is 296 g/mol. The van der Waals surface area contributed by atoms with Crippen LogP contribution in [0, 0.1) is 10.8 Å². The van der Waals surface area contributed by atoms with Gasteiger partial charge in [0.25, 0.3) is 0 Å². The second-order valence-corrected chi connectivity index (χ2v) is 4.54. The van der Waals surface area contributed by atoms with E-state index < -0.39 is 12.0 Å². The van der Waals surface area contributed by atoms with Crippen LogP contribution < -0.4 is 5.32 Å². The van der Waals surface area contributed by atoms with E-state index in [0.29, 0.717) is 11.3 Å². The van der Waals surface area contributed by atoms with Crippen LogP contribution in [0.3, 0.4) is 0 Å². The summed E-state index contributed by atoms with van der Waals surface area (Å²) in [4.78, 5) is 15.2. The SMILES string of the molecule is COC(=O)Nc1cccc(C(=N)C(C=N)c2ccncc2)c1. The Bertz CT molecular complexity index is 686. The lowest BCUT2D eigenvalue weighted by molar-refractivity contribution is 0.187. The highest BCUT2D eigenvalue weighted by molar-refractivity contribution is 6.11. The molecule has 1 unspecified atom stereocenters. The Labute approximate surface area is 128 Å². The molecule has 22 heavy (non-hydrogen) atoms. The maximum atomic E-state index is 11.2. The van der Waals surface area contributed by atoms with Gasteiger partial charge in [0.2, 0.25) is 0 Å². The first-order valence-corrected chi connectivity index (χ1v) is 6.60. The van der Waals surface area contributed by atoms with Crippen molar-refractivity contribution >= 4 is 23.7 Å². The predicted molar refractivity (Wildman–Crippen MR) is 85.1 cm³/mol. The summed E-state index contributed by atoms with van der Waals surface area (Å²) in [5.41, 5.74) is 2.25. The number of pyridine rings is 1. The number of methoxy groups -OCH3 is 1. The van der Waals surface area contributed by atoms with E-state index >= 15 is 0 Å². The second kappa shape index (κ2) is 7.12. The zero-order valence-electron chi connectivity index (χ0n) is 12.0. The van der Waals surface area contributed by atoms with Gasteiger partial charge in [0, 0.05) is 24.3 Å². The number of benzene rings is 1. The number of nitrogens with one attached hydrogen (secondary N) is 3. The molecule has 112 valence electrons. The Balaban J connectivity index is 2.26. The standard InChI is InChI=1S/C16H16N4O2/c1-22-16(21)20-13-4-2-3-12(9-13)15(18)14(10-17)11-5-7-19-8-6-11/h2-10,14,17-18H,1H3,(H,20,21). The van der Waals surface area contributed by atoms with Crippen LogP contribution in [0.1, 0.15) is 17.0 Å². The molecule has 0 radical (unpaired) electrons. The molecule has 6 heteroatoms. The summed E-state index contributed by atoms with van der Waals surface area (Å²) in [6, 6.07) is 10.4. The lowest BCUT2D eigenvalue weighted by Crippen LogP contribution is -2.15. The Morgan fingerprint density at radius 3 is 2.68 bits per heavy atom. The summed E-state index contributed by atoms with van der Waals surface area (Å²) in [6.07, 6.45) is 3.92. The summed E-state index contributed by atoms with van der Waals surface area (Å²) in [5, 5.41) is 18.5. The predicted octanol–water partition coefficient (Wildman–Crippen LogP) is 3.06. The van der Waals surface area contributed by atoms with Crippen molar-refractivity contribution in [2.75, 3.05) is 12.4 Å². The number of carbonyl (C=O) groups excluding carboxylic acids is 1. The highest BCUT2D eigenvalue weighted by atomic mass is 16.5.